The summed E-state index contributed by atoms with van der Waals surface area (Å²) < 4.78 is 5.43. The van der Waals surface area contributed by atoms with Crippen molar-refractivity contribution in [1.82, 2.24) is 0 Å². The molecule has 1 heterocycles. The van der Waals surface area contributed by atoms with Gasteiger partial charge in [-0.05, 0) is 61.7 Å². The minimum atomic E-state index is -0.392. The van der Waals surface area contributed by atoms with Gasteiger partial charge in [0.15, 0.2) is 0 Å². The van der Waals surface area contributed by atoms with Crippen molar-refractivity contribution in [2.75, 3.05) is 17.3 Å². The second-order valence-electron chi connectivity index (χ2n) is 7.68. The molecule has 0 aromatic heterocycles. The van der Waals surface area contributed by atoms with Crippen LogP contribution in [-0.4, -0.2) is 18.9 Å². The van der Waals surface area contributed by atoms with Crippen molar-refractivity contribution < 1.29 is 14.3 Å². The first-order chi connectivity index (χ1) is 14.9. The Balaban J connectivity index is 1.88. The van der Waals surface area contributed by atoms with Crippen molar-refractivity contribution in [2.24, 2.45) is 0 Å². The number of hydrogen-bond acceptors (Lipinski definition) is 4. The molecule has 1 aliphatic rings. The molecule has 0 radical (unpaired) electrons. The molecule has 5 nitrogen and oxygen atoms in total. The van der Waals surface area contributed by atoms with E-state index < -0.39 is 5.91 Å². The molecule has 0 saturated carbocycles. The predicted octanol–water partition coefficient (Wildman–Crippen LogP) is 5.02. The standard InChI is InChI=1S/C26H24N2O3/c1-16-8-7-9-19(15-16)28-25(29)23(20-13-12-17(2)14-18(20)3)24(26(28)30)27-21-10-5-6-11-22(21)31-4/h5-15,27H,1-4H3. The van der Waals surface area contributed by atoms with Crippen LogP contribution in [0.15, 0.2) is 72.4 Å². The Hall–Kier alpha value is -3.86. The highest BCUT2D eigenvalue weighted by molar-refractivity contribution is 6.46. The minimum Gasteiger partial charge on any atom is -0.495 e. The van der Waals surface area contributed by atoms with Crippen molar-refractivity contribution in [2.45, 2.75) is 20.8 Å². The summed E-state index contributed by atoms with van der Waals surface area (Å²) in [6, 6.07) is 20.6. The van der Waals surface area contributed by atoms with Crippen molar-refractivity contribution >= 4 is 28.8 Å². The summed E-state index contributed by atoms with van der Waals surface area (Å²) >= 11 is 0. The topological polar surface area (TPSA) is 58.6 Å². The molecule has 156 valence electrons. The molecule has 5 heteroatoms. The molecule has 2 amide bonds. The molecule has 0 aliphatic carbocycles. The van der Waals surface area contributed by atoms with Gasteiger partial charge in [-0.25, -0.2) is 4.90 Å². The lowest BCUT2D eigenvalue weighted by Crippen LogP contribution is -2.32. The molecule has 3 aromatic carbocycles. The number of rotatable bonds is 5. The normalized spacial score (nSPS) is 13.7. The third-order valence-corrected chi connectivity index (χ3v) is 5.36. The van der Waals surface area contributed by atoms with Gasteiger partial charge in [0.1, 0.15) is 11.4 Å². The van der Waals surface area contributed by atoms with Crippen molar-refractivity contribution in [1.29, 1.82) is 0 Å². The van der Waals surface area contributed by atoms with Gasteiger partial charge in [0.05, 0.1) is 24.1 Å². The fraction of sp³-hybridized carbons (Fsp3) is 0.154. The average molecular weight is 412 g/mol. The lowest BCUT2D eigenvalue weighted by Gasteiger charge is -2.16. The van der Waals surface area contributed by atoms with Crippen LogP contribution in [0.25, 0.3) is 5.57 Å². The minimum absolute atomic E-state index is 0.239. The van der Waals surface area contributed by atoms with Gasteiger partial charge in [0, 0.05) is 0 Å². The number of carbonyl (C=O) groups is 2. The van der Waals surface area contributed by atoms with E-state index in [9.17, 15) is 9.59 Å². The van der Waals surface area contributed by atoms with E-state index in [0.717, 1.165) is 22.3 Å². The zero-order chi connectivity index (χ0) is 22.1. The fourth-order valence-electron chi connectivity index (χ4n) is 3.87. The van der Waals surface area contributed by atoms with Crippen molar-refractivity contribution in [3.8, 4) is 5.75 Å². The molecule has 0 unspecified atom stereocenters. The van der Waals surface area contributed by atoms with Gasteiger partial charge in [-0.1, -0.05) is 48.0 Å². The lowest BCUT2D eigenvalue weighted by molar-refractivity contribution is -0.120. The van der Waals surface area contributed by atoms with Crippen LogP contribution in [0.3, 0.4) is 0 Å². The number of anilines is 2. The molecular formula is C26H24N2O3. The molecule has 0 saturated heterocycles. The largest absolute Gasteiger partial charge is 0.495 e. The lowest BCUT2D eigenvalue weighted by atomic mass is 9.97. The summed E-state index contributed by atoms with van der Waals surface area (Å²) in [6.45, 7) is 5.88. The van der Waals surface area contributed by atoms with Gasteiger partial charge in [-0.3, -0.25) is 9.59 Å². The van der Waals surface area contributed by atoms with Gasteiger partial charge in [0.25, 0.3) is 11.8 Å². The van der Waals surface area contributed by atoms with Crippen LogP contribution >= 0.6 is 0 Å². The number of methoxy groups -OCH3 is 1. The summed E-state index contributed by atoms with van der Waals surface area (Å²) in [4.78, 5) is 28.4. The Morgan fingerprint density at radius 3 is 2.26 bits per heavy atom. The van der Waals surface area contributed by atoms with Crippen molar-refractivity contribution in [3.05, 3.63) is 94.7 Å². The van der Waals surface area contributed by atoms with Crippen LogP contribution in [-0.2, 0) is 9.59 Å². The van der Waals surface area contributed by atoms with Crippen LogP contribution in [0.4, 0.5) is 11.4 Å². The monoisotopic (exact) mass is 412 g/mol. The molecule has 0 spiro atoms. The Morgan fingerprint density at radius 1 is 0.806 bits per heavy atom. The Bertz CT molecular complexity index is 1230. The Labute approximate surface area is 182 Å². The average Bonchev–Trinajstić information content (AvgIpc) is 2.98. The summed E-state index contributed by atoms with van der Waals surface area (Å²) in [5, 5.41) is 3.19. The first-order valence-electron chi connectivity index (χ1n) is 10.1. The van der Waals surface area contributed by atoms with Crippen LogP contribution in [0.2, 0.25) is 0 Å². The van der Waals surface area contributed by atoms with E-state index in [1.54, 1.807) is 19.2 Å². The molecule has 1 N–H and O–H groups in total. The van der Waals surface area contributed by atoms with Gasteiger partial charge in [0.2, 0.25) is 0 Å². The number of ether oxygens (including phenoxy) is 1. The molecule has 31 heavy (non-hydrogen) atoms. The van der Waals surface area contributed by atoms with Gasteiger partial charge >= 0.3 is 0 Å². The van der Waals surface area contributed by atoms with Gasteiger partial charge in [-0.2, -0.15) is 0 Å². The summed E-state index contributed by atoms with van der Waals surface area (Å²) in [7, 11) is 1.57. The van der Waals surface area contributed by atoms with Crippen LogP contribution < -0.4 is 15.0 Å². The predicted molar refractivity (Wildman–Crippen MR) is 123 cm³/mol. The van der Waals surface area contributed by atoms with Crippen LogP contribution in [0.5, 0.6) is 5.75 Å². The molecule has 4 rings (SSSR count). The number of hydrogen-bond donors (Lipinski definition) is 1. The second-order valence-corrected chi connectivity index (χ2v) is 7.68. The van der Waals surface area contributed by atoms with E-state index >= 15 is 0 Å². The maximum absolute atomic E-state index is 13.6. The molecular weight excluding hydrogens is 388 g/mol. The van der Waals surface area contributed by atoms with E-state index in [2.05, 4.69) is 5.32 Å². The van der Waals surface area contributed by atoms with E-state index in [1.807, 2.05) is 75.4 Å². The number of amides is 2. The van der Waals surface area contributed by atoms with E-state index in [-0.39, 0.29) is 11.6 Å². The van der Waals surface area contributed by atoms with Gasteiger partial charge < -0.3 is 10.1 Å². The molecule has 1 aliphatic heterocycles. The van der Waals surface area contributed by atoms with Crippen LogP contribution in [0, 0.1) is 20.8 Å². The second kappa shape index (κ2) is 8.11. The van der Waals surface area contributed by atoms with E-state index in [0.29, 0.717) is 22.7 Å². The fourth-order valence-corrected chi connectivity index (χ4v) is 3.87. The number of nitrogens with one attached hydrogen (secondary N) is 1. The summed E-state index contributed by atoms with van der Waals surface area (Å²) in [5.74, 6) is -0.152. The number of para-hydroxylation sites is 2. The number of aryl methyl sites for hydroxylation is 3. The Kier molecular flexibility index (Phi) is 5.34. The number of nitrogens with zero attached hydrogens (tertiary/aromatic N) is 1. The highest BCUT2D eigenvalue weighted by Gasteiger charge is 2.41. The quantitative estimate of drug-likeness (QED) is 0.598. The smallest absolute Gasteiger partial charge is 0.282 e. The van der Waals surface area contributed by atoms with E-state index in [1.165, 1.54) is 4.90 Å². The number of imide groups is 1. The molecule has 0 bridgehead atoms. The summed E-state index contributed by atoms with van der Waals surface area (Å²) in [6.07, 6.45) is 0. The van der Waals surface area contributed by atoms with E-state index in [4.69, 9.17) is 4.74 Å². The SMILES string of the molecule is COc1ccccc1NC1=C(c2ccc(C)cc2C)C(=O)N(c2cccc(C)c2)C1=O. The summed E-state index contributed by atoms with van der Waals surface area (Å²) in [5.41, 5.74) is 5.49. The third-order valence-electron chi connectivity index (χ3n) is 5.36. The van der Waals surface area contributed by atoms with Crippen LogP contribution in [0.1, 0.15) is 22.3 Å². The maximum atomic E-state index is 13.6. The Morgan fingerprint density at radius 2 is 1.55 bits per heavy atom. The molecule has 0 fully saturated rings. The highest BCUT2D eigenvalue weighted by Crippen LogP contribution is 2.36. The highest BCUT2D eigenvalue weighted by atomic mass is 16.5. The number of benzene rings is 3. The zero-order valence-electron chi connectivity index (χ0n) is 18.0. The van der Waals surface area contributed by atoms with Gasteiger partial charge in [-0.15, -0.1) is 0 Å². The third kappa shape index (κ3) is 3.70. The first kappa shape index (κ1) is 20.4. The van der Waals surface area contributed by atoms with Crippen molar-refractivity contribution in [3.63, 3.8) is 0 Å². The zero-order valence-corrected chi connectivity index (χ0v) is 18.0. The molecule has 0 atom stereocenters. The molecule has 3 aromatic rings. The maximum Gasteiger partial charge on any atom is 0.282 e. The number of carbonyl (C=O) groups excluding carboxylic acids is 2. The first-order valence-corrected chi connectivity index (χ1v) is 10.1.